The zero-order chi connectivity index (χ0) is 14.8. The summed E-state index contributed by atoms with van der Waals surface area (Å²) in [6, 6.07) is 5.03. The molecule has 0 aromatic heterocycles. The van der Waals surface area contributed by atoms with Crippen molar-refractivity contribution >= 4 is 27.9 Å². The number of aryl methyl sites for hydroxylation is 1. The molecule has 1 saturated carbocycles. The Labute approximate surface area is 117 Å². The van der Waals surface area contributed by atoms with Crippen LogP contribution in [0.25, 0.3) is 6.08 Å². The number of hydrogen-bond donors (Lipinski definition) is 3. The summed E-state index contributed by atoms with van der Waals surface area (Å²) in [5, 5.41) is 8.55. The van der Waals surface area contributed by atoms with Gasteiger partial charge in [-0.3, -0.25) is 4.72 Å². The van der Waals surface area contributed by atoms with Crippen LogP contribution in [0.5, 0.6) is 0 Å². The summed E-state index contributed by atoms with van der Waals surface area (Å²) >= 11 is 0. The molecule has 1 aliphatic rings. The number of benzene rings is 1. The van der Waals surface area contributed by atoms with Crippen LogP contribution in [0.4, 0.5) is 5.69 Å². The normalized spacial score (nSPS) is 15.4. The molecule has 1 aromatic carbocycles. The molecule has 108 valence electrons. The number of carboxylic acids is 1. The second kappa shape index (κ2) is 5.64. The van der Waals surface area contributed by atoms with E-state index in [4.69, 9.17) is 5.11 Å². The Morgan fingerprint density at radius 3 is 2.65 bits per heavy atom. The molecule has 0 bridgehead atoms. The van der Waals surface area contributed by atoms with Gasteiger partial charge in [0.15, 0.2) is 0 Å². The molecule has 1 aromatic rings. The van der Waals surface area contributed by atoms with E-state index in [2.05, 4.69) is 9.44 Å². The first kappa shape index (κ1) is 14.5. The van der Waals surface area contributed by atoms with Gasteiger partial charge in [-0.2, -0.15) is 13.1 Å². The molecule has 0 saturated heterocycles. The largest absolute Gasteiger partial charge is 0.478 e. The molecule has 1 fully saturated rings. The monoisotopic (exact) mass is 296 g/mol. The lowest BCUT2D eigenvalue weighted by Crippen LogP contribution is -2.31. The van der Waals surface area contributed by atoms with Crippen molar-refractivity contribution in [2.75, 3.05) is 4.72 Å². The molecule has 0 atom stereocenters. The second-order valence-electron chi connectivity index (χ2n) is 4.74. The molecule has 0 amide bonds. The number of anilines is 1. The number of nitrogens with one attached hydrogen (secondary N) is 2. The fourth-order valence-electron chi connectivity index (χ4n) is 1.67. The Bertz CT molecular complexity index is 648. The maximum absolute atomic E-state index is 11.8. The van der Waals surface area contributed by atoms with Crippen LogP contribution in [0.3, 0.4) is 0 Å². The van der Waals surface area contributed by atoms with Gasteiger partial charge in [0, 0.05) is 12.1 Å². The van der Waals surface area contributed by atoms with Crippen molar-refractivity contribution in [3.63, 3.8) is 0 Å². The van der Waals surface area contributed by atoms with Crippen molar-refractivity contribution in [2.24, 2.45) is 0 Å². The van der Waals surface area contributed by atoms with E-state index in [1.54, 1.807) is 25.1 Å². The summed E-state index contributed by atoms with van der Waals surface area (Å²) in [5.41, 5.74) is 1.90. The van der Waals surface area contributed by atoms with Gasteiger partial charge in [-0.1, -0.05) is 6.07 Å². The lowest BCUT2D eigenvalue weighted by atomic mass is 10.1. The Kier molecular flexibility index (Phi) is 4.10. The van der Waals surface area contributed by atoms with Gasteiger partial charge in [0.2, 0.25) is 0 Å². The smallest absolute Gasteiger partial charge is 0.328 e. The van der Waals surface area contributed by atoms with Crippen molar-refractivity contribution in [3.05, 3.63) is 35.4 Å². The first-order valence-electron chi connectivity index (χ1n) is 6.17. The van der Waals surface area contributed by atoms with Crippen LogP contribution >= 0.6 is 0 Å². The van der Waals surface area contributed by atoms with Gasteiger partial charge < -0.3 is 5.11 Å². The highest BCUT2D eigenvalue weighted by molar-refractivity contribution is 7.90. The van der Waals surface area contributed by atoms with E-state index in [1.807, 2.05) is 0 Å². The molecule has 1 aliphatic carbocycles. The van der Waals surface area contributed by atoms with Crippen LogP contribution in [0.1, 0.15) is 24.0 Å². The Balaban J connectivity index is 2.11. The SMILES string of the molecule is Cc1cc(/C=C/C(=O)O)ccc1NS(=O)(=O)NC1CC1. The predicted octanol–water partition coefficient (Wildman–Crippen LogP) is 1.50. The summed E-state index contributed by atoms with van der Waals surface area (Å²) in [6.07, 6.45) is 4.24. The highest BCUT2D eigenvalue weighted by atomic mass is 32.2. The minimum absolute atomic E-state index is 0.0468. The molecule has 0 aliphatic heterocycles. The third kappa shape index (κ3) is 4.36. The quantitative estimate of drug-likeness (QED) is 0.693. The molecule has 0 radical (unpaired) electrons. The van der Waals surface area contributed by atoms with Crippen LogP contribution in [-0.4, -0.2) is 25.5 Å². The molecule has 3 N–H and O–H groups in total. The minimum Gasteiger partial charge on any atom is -0.478 e. The van der Waals surface area contributed by atoms with Crippen molar-refractivity contribution < 1.29 is 18.3 Å². The van der Waals surface area contributed by atoms with Crippen molar-refractivity contribution in [3.8, 4) is 0 Å². The van der Waals surface area contributed by atoms with Crippen LogP contribution in [0.15, 0.2) is 24.3 Å². The molecule has 0 heterocycles. The van der Waals surface area contributed by atoms with Crippen LogP contribution in [-0.2, 0) is 15.0 Å². The number of aliphatic carboxylic acids is 1. The fraction of sp³-hybridized carbons (Fsp3) is 0.308. The Morgan fingerprint density at radius 2 is 2.10 bits per heavy atom. The van der Waals surface area contributed by atoms with Gasteiger partial charge in [-0.15, -0.1) is 0 Å². The fourth-order valence-corrected chi connectivity index (χ4v) is 2.92. The molecule has 7 heteroatoms. The summed E-state index contributed by atoms with van der Waals surface area (Å²) in [5.74, 6) is -1.03. The average molecular weight is 296 g/mol. The number of rotatable bonds is 6. The van der Waals surface area contributed by atoms with Gasteiger partial charge in [-0.05, 0) is 49.1 Å². The summed E-state index contributed by atoms with van der Waals surface area (Å²) in [4.78, 5) is 10.4. The lowest BCUT2D eigenvalue weighted by molar-refractivity contribution is -0.131. The molecule has 2 rings (SSSR count). The molecular formula is C13H16N2O4S. The van der Waals surface area contributed by atoms with Crippen LogP contribution < -0.4 is 9.44 Å². The highest BCUT2D eigenvalue weighted by Crippen LogP contribution is 2.22. The third-order valence-electron chi connectivity index (χ3n) is 2.81. The van der Waals surface area contributed by atoms with Gasteiger partial charge in [0.25, 0.3) is 10.2 Å². The van der Waals surface area contributed by atoms with Gasteiger partial charge in [0.1, 0.15) is 0 Å². The molecule has 0 unspecified atom stereocenters. The van der Waals surface area contributed by atoms with E-state index in [-0.39, 0.29) is 6.04 Å². The molecular weight excluding hydrogens is 280 g/mol. The topological polar surface area (TPSA) is 95.5 Å². The first-order valence-corrected chi connectivity index (χ1v) is 7.66. The maximum atomic E-state index is 11.8. The molecule has 6 nitrogen and oxygen atoms in total. The van der Waals surface area contributed by atoms with E-state index in [9.17, 15) is 13.2 Å². The number of carboxylic acid groups (broad SMARTS) is 1. The highest BCUT2D eigenvalue weighted by Gasteiger charge is 2.26. The van der Waals surface area contributed by atoms with Crippen molar-refractivity contribution in [1.82, 2.24) is 4.72 Å². The first-order chi connectivity index (χ1) is 9.35. The lowest BCUT2D eigenvalue weighted by Gasteiger charge is -2.11. The third-order valence-corrected chi connectivity index (χ3v) is 3.94. The number of carbonyl (C=O) groups is 1. The van der Waals surface area contributed by atoms with Gasteiger partial charge in [0.05, 0.1) is 5.69 Å². The minimum atomic E-state index is -3.54. The molecule has 20 heavy (non-hydrogen) atoms. The van der Waals surface area contributed by atoms with E-state index in [1.165, 1.54) is 6.08 Å². The predicted molar refractivity (Wildman–Crippen MR) is 76.5 cm³/mol. The Hall–Kier alpha value is -1.86. The van der Waals surface area contributed by atoms with Crippen molar-refractivity contribution in [2.45, 2.75) is 25.8 Å². The van der Waals surface area contributed by atoms with Gasteiger partial charge in [-0.25, -0.2) is 4.79 Å². The van der Waals surface area contributed by atoms with Crippen molar-refractivity contribution in [1.29, 1.82) is 0 Å². The molecule has 0 spiro atoms. The van der Waals surface area contributed by atoms with E-state index < -0.39 is 16.2 Å². The van der Waals surface area contributed by atoms with Crippen LogP contribution in [0, 0.1) is 6.92 Å². The standard InChI is InChI=1S/C13H16N2O4S/c1-9-8-10(3-7-13(16)17)2-6-12(9)15-20(18,19)14-11-4-5-11/h2-3,6-8,11,14-15H,4-5H2,1H3,(H,16,17)/b7-3+. The van der Waals surface area contributed by atoms with Crippen LogP contribution in [0.2, 0.25) is 0 Å². The van der Waals surface area contributed by atoms with E-state index >= 15 is 0 Å². The average Bonchev–Trinajstić information content (AvgIpc) is 3.12. The zero-order valence-corrected chi connectivity index (χ0v) is 11.8. The zero-order valence-electron chi connectivity index (χ0n) is 11.0. The maximum Gasteiger partial charge on any atom is 0.328 e. The summed E-state index contributed by atoms with van der Waals surface area (Å²) < 4.78 is 28.6. The second-order valence-corrected chi connectivity index (χ2v) is 6.19. The Morgan fingerprint density at radius 1 is 1.40 bits per heavy atom. The van der Waals surface area contributed by atoms with Gasteiger partial charge >= 0.3 is 5.97 Å². The summed E-state index contributed by atoms with van der Waals surface area (Å²) in [7, 11) is -3.54. The number of hydrogen-bond acceptors (Lipinski definition) is 3. The summed E-state index contributed by atoms with van der Waals surface area (Å²) in [6.45, 7) is 1.76. The van der Waals surface area contributed by atoms with E-state index in [0.29, 0.717) is 11.3 Å². The van der Waals surface area contributed by atoms with E-state index in [0.717, 1.165) is 24.5 Å².